The van der Waals surface area contributed by atoms with E-state index in [2.05, 4.69) is 0 Å². The van der Waals surface area contributed by atoms with Gasteiger partial charge in [0.25, 0.3) is 5.91 Å². The van der Waals surface area contributed by atoms with Gasteiger partial charge in [-0.25, -0.2) is 4.79 Å². The zero-order chi connectivity index (χ0) is 19.5. The molecule has 4 atom stereocenters. The highest BCUT2D eigenvalue weighted by Crippen LogP contribution is 2.33. The van der Waals surface area contributed by atoms with Crippen molar-refractivity contribution in [1.29, 1.82) is 0 Å². The number of morpholine rings is 1. The van der Waals surface area contributed by atoms with Crippen LogP contribution in [0.1, 0.15) is 11.1 Å². The molecule has 0 aliphatic carbocycles. The second-order valence-electron chi connectivity index (χ2n) is 6.85. The largest absolute Gasteiger partial charge is 0.479 e. The third kappa shape index (κ3) is 3.77. The summed E-state index contributed by atoms with van der Waals surface area (Å²) in [5.41, 5.74) is 1.94. The summed E-state index contributed by atoms with van der Waals surface area (Å²) in [4.78, 5) is 26.0. The van der Waals surface area contributed by atoms with Crippen molar-refractivity contribution in [3.8, 4) is 0 Å². The smallest absolute Gasteiger partial charge is 0.335 e. The average molecular weight is 383 g/mol. The average Bonchev–Trinajstić information content (AvgIpc) is 3.12. The lowest BCUT2D eigenvalue weighted by Crippen LogP contribution is -2.58. The Morgan fingerprint density at radius 3 is 2.29 bits per heavy atom. The first kappa shape index (κ1) is 18.6. The monoisotopic (exact) mass is 383 g/mol. The number of fused-ring (bicyclic) bond motifs is 2. The van der Waals surface area contributed by atoms with E-state index in [-0.39, 0.29) is 12.5 Å². The summed E-state index contributed by atoms with van der Waals surface area (Å²) in [7, 11) is 0. The Kier molecular flexibility index (Phi) is 5.38. The molecule has 28 heavy (non-hydrogen) atoms. The summed E-state index contributed by atoms with van der Waals surface area (Å²) >= 11 is 0. The molecule has 1 N–H and O–H groups in total. The van der Waals surface area contributed by atoms with Gasteiger partial charge in [0.05, 0.1) is 19.3 Å². The van der Waals surface area contributed by atoms with Crippen molar-refractivity contribution in [2.75, 3.05) is 6.61 Å². The topological polar surface area (TPSA) is 85.3 Å². The molecular formula is C21H21NO6. The number of benzene rings is 2. The number of carbonyl (C=O) groups is 2. The van der Waals surface area contributed by atoms with Crippen LogP contribution in [0, 0.1) is 0 Å². The Labute approximate surface area is 162 Å². The number of amides is 1. The molecule has 2 bridgehead atoms. The molecule has 0 saturated carbocycles. The van der Waals surface area contributed by atoms with Gasteiger partial charge in [0, 0.05) is 6.54 Å². The van der Waals surface area contributed by atoms with E-state index in [1.807, 2.05) is 60.7 Å². The molecular weight excluding hydrogens is 362 g/mol. The van der Waals surface area contributed by atoms with E-state index in [4.69, 9.17) is 14.2 Å². The van der Waals surface area contributed by atoms with Crippen LogP contribution in [-0.2, 0) is 37.0 Å². The zero-order valence-electron chi connectivity index (χ0n) is 15.1. The van der Waals surface area contributed by atoms with E-state index in [1.165, 1.54) is 0 Å². The molecule has 2 aromatic carbocycles. The van der Waals surface area contributed by atoms with Crippen molar-refractivity contribution >= 4 is 11.9 Å². The molecule has 2 heterocycles. The van der Waals surface area contributed by atoms with Crippen molar-refractivity contribution < 1.29 is 28.9 Å². The summed E-state index contributed by atoms with van der Waals surface area (Å²) in [6, 6.07) is 18.6. The van der Waals surface area contributed by atoms with E-state index >= 15 is 0 Å². The molecule has 1 amide bonds. The van der Waals surface area contributed by atoms with E-state index in [9.17, 15) is 14.7 Å². The van der Waals surface area contributed by atoms with Crippen LogP contribution in [0.5, 0.6) is 0 Å². The van der Waals surface area contributed by atoms with Gasteiger partial charge >= 0.3 is 5.97 Å². The summed E-state index contributed by atoms with van der Waals surface area (Å²) in [5, 5.41) is 9.47. The van der Waals surface area contributed by atoms with Gasteiger partial charge in [-0.2, -0.15) is 0 Å². The molecule has 0 unspecified atom stereocenters. The fourth-order valence-electron chi connectivity index (χ4n) is 3.57. The minimum absolute atomic E-state index is 0.151. The maximum atomic E-state index is 12.8. The number of ether oxygens (including phenoxy) is 3. The van der Waals surface area contributed by atoms with Crippen molar-refractivity contribution in [2.45, 2.75) is 37.7 Å². The number of nitrogens with zero attached hydrogens (tertiary/aromatic N) is 1. The highest BCUT2D eigenvalue weighted by molar-refractivity contribution is 5.84. The third-order valence-corrected chi connectivity index (χ3v) is 4.95. The molecule has 7 nitrogen and oxygen atoms in total. The number of rotatable bonds is 7. The van der Waals surface area contributed by atoms with Crippen LogP contribution < -0.4 is 0 Å². The van der Waals surface area contributed by atoms with Crippen molar-refractivity contribution in [1.82, 2.24) is 4.90 Å². The lowest BCUT2D eigenvalue weighted by atomic mass is 10.0. The van der Waals surface area contributed by atoms with Gasteiger partial charge in [0.2, 0.25) is 6.29 Å². The first-order valence-corrected chi connectivity index (χ1v) is 9.13. The first-order chi connectivity index (χ1) is 13.6. The quantitative estimate of drug-likeness (QED) is 0.785. The Bertz CT molecular complexity index is 827. The van der Waals surface area contributed by atoms with Crippen molar-refractivity contribution in [2.24, 2.45) is 0 Å². The van der Waals surface area contributed by atoms with Gasteiger partial charge in [-0.05, 0) is 11.1 Å². The predicted molar refractivity (Wildman–Crippen MR) is 98.0 cm³/mol. The fourth-order valence-corrected chi connectivity index (χ4v) is 3.57. The Morgan fingerprint density at radius 1 is 1.00 bits per heavy atom. The van der Waals surface area contributed by atoms with Gasteiger partial charge < -0.3 is 24.2 Å². The highest BCUT2D eigenvalue weighted by atomic mass is 16.7. The summed E-state index contributed by atoms with van der Waals surface area (Å²) in [6.45, 7) is 0.850. The Hall–Kier alpha value is -2.74. The molecule has 146 valence electrons. The van der Waals surface area contributed by atoms with Crippen LogP contribution in [0.25, 0.3) is 0 Å². The van der Waals surface area contributed by atoms with Gasteiger partial charge in [-0.3, -0.25) is 4.79 Å². The summed E-state index contributed by atoms with van der Waals surface area (Å²) < 4.78 is 16.8. The number of carboxylic acids is 1. The molecule has 0 aromatic heterocycles. The molecule has 2 aliphatic rings. The van der Waals surface area contributed by atoms with Crippen LogP contribution in [0.3, 0.4) is 0 Å². The lowest BCUT2D eigenvalue weighted by molar-refractivity contribution is -0.183. The second-order valence-corrected chi connectivity index (χ2v) is 6.85. The molecule has 0 spiro atoms. The van der Waals surface area contributed by atoms with Gasteiger partial charge in [-0.1, -0.05) is 60.7 Å². The minimum Gasteiger partial charge on any atom is -0.479 e. The fraction of sp³-hybridized carbons (Fsp3) is 0.333. The van der Waals surface area contributed by atoms with E-state index in [0.29, 0.717) is 13.2 Å². The molecule has 2 fully saturated rings. The molecule has 2 aliphatic heterocycles. The highest BCUT2D eigenvalue weighted by Gasteiger charge is 2.55. The second kappa shape index (κ2) is 8.10. The van der Waals surface area contributed by atoms with Crippen LogP contribution >= 0.6 is 0 Å². The van der Waals surface area contributed by atoms with E-state index in [0.717, 1.165) is 11.1 Å². The van der Waals surface area contributed by atoms with Crippen LogP contribution in [-0.4, -0.2) is 53.0 Å². The number of carbonyl (C=O) groups excluding carboxylic acids is 1. The first-order valence-electron chi connectivity index (χ1n) is 9.13. The molecule has 2 aromatic rings. The zero-order valence-corrected chi connectivity index (χ0v) is 15.1. The molecule has 4 rings (SSSR count). The van der Waals surface area contributed by atoms with Crippen LogP contribution in [0.4, 0.5) is 0 Å². The van der Waals surface area contributed by atoms with Crippen molar-refractivity contribution in [3.05, 3.63) is 71.8 Å². The third-order valence-electron chi connectivity index (χ3n) is 4.95. The maximum absolute atomic E-state index is 12.8. The molecule has 0 radical (unpaired) electrons. The maximum Gasteiger partial charge on any atom is 0.335 e. The van der Waals surface area contributed by atoms with Gasteiger partial charge in [0.1, 0.15) is 6.10 Å². The SMILES string of the molecule is O=C(O)[C@@H]1O[C@@H]2O[C@@H]1[C@@H](COCc1ccccc1)N(Cc1ccccc1)C2=O. The molecule has 7 heteroatoms. The summed E-state index contributed by atoms with van der Waals surface area (Å²) in [6.07, 6.45) is -3.15. The lowest BCUT2D eigenvalue weighted by Gasteiger charge is -2.38. The standard InChI is InChI=1S/C21H21NO6/c23-19-21-27-17(18(28-21)20(24)25)16(13-26-12-15-9-5-2-6-10-15)22(19)11-14-7-3-1-4-8-14/h1-10,16-18,21H,11-13H2,(H,24,25)/t16-,17-,18-,21+/m1/s1. The number of aliphatic carboxylic acids is 1. The Balaban J connectivity index is 1.53. The number of carboxylic acid groups (broad SMARTS) is 1. The van der Waals surface area contributed by atoms with Gasteiger partial charge in [-0.15, -0.1) is 0 Å². The number of hydrogen-bond donors (Lipinski definition) is 1. The van der Waals surface area contributed by atoms with Crippen LogP contribution in [0.2, 0.25) is 0 Å². The molecule has 2 saturated heterocycles. The van der Waals surface area contributed by atoms with Gasteiger partial charge in [0.15, 0.2) is 6.10 Å². The van der Waals surface area contributed by atoms with E-state index in [1.54, 1.807) is 4.90 Å². The summed E-state index contributed by atoms with van der Waals surface area (Å²) in [5.74, 6) is -1.52. The number of hydrogen-bond acceptors (Lipinski definition) is 5. The minimum atomic E-state index is -1.19. The van der Waals surface area contributed by atoms with Crippen molar-refractivity contribution in [3.63, 3.8) is 0 Å². The predicted octanol–water partition coefficient (Wildman–Crippen LogP) is 1.81. The Morgan fingerprint density at radius 2 is 1.64 bits per heavy atom. The van der Waals surface area contributed by atoms with E-state index < -0.39 is 30.5 Å². The normalized spacial score (nSPS) is 26.4. The van der Waals surface area contributed by atoms with Crippen LogP contribution in [0.15, 0.2) is 60.7 Å².